The number of rotatable bonds is 10. The Bertz CT molecular complexity index is 1160. The van der Waals surface area contributed by atoms with Gasteiger partial charge in [0.15, 0.2) is 9.84 Å². The molecule has 0 aliphatic rings. The molecule has 0 aliphatic heterocycles. The van der Waals surface area contributed by atoms with Gasteiger partial charge < -0.3 is 14.5 Å². The van der Waals surface area contributed by atoms with Gasteiger partial charge in [0.1, 0.15) is 17.3 Å². The Labute approximate surface area is 188 Å². The van der Waals surface area contributed by atoms with E-state index in [4.69, 9.17) is 9.15 Å². The van der Waals surface area contributed by atoms with Crippen molar-refractivity contribution in [3.8, 4) is 17.2 Å². The van der Waals surface area contributed by atoms with E-state index in [0.717, 1.165) is 5.56 Å². The van der Waals surface area contributed by atoms with Gasteiger partial charge >= 0.3 is 0 Å². The summed E-state index contributed by atoms with van der Waals surface area (Å²) < 4.78 is 36.2. The van der Waals surface area contributed by atoms with Gasteiger partial charge in [0.2, 0.25) is 11.8 Å². The van der Waals surface area contributed by atoms with E-state index in [9.17, 15) is 13.2 Å². The van der Waals surface area contributed by atoms with Crippen LogP contribution in [0.2, 0.25) is 0 Å². The second-order valence-electron chi connectivity index (χ2n) is 7.65. The number of aromatic nitrogens is 1. The molecule has 0 fully saturated rings. The summed E-state index contributed by atoms with van der Waals surface area (Å²) in [4.78, 5) is 16.8. The van der Waals surface area contributed by atoms with Crippen molar-refractivity contribution in [3.63, 3.8) is 0 Å². The number of nitrogens with one attached hydrogen (secondary N) is 1. The van der Waals surface area contributed by atoms with Gasteiger partial charge in [-0.25, -0.2) is 13.4 Å². The molecule has 0 unspecified atom stereocenters. The molecule has 3 rings (SSSR count). The highest BCUT2D eigenvalue weighted by atomic mass is 32.2. The van der Waals surface area contributed by atoms with Crippen molar-refractivity contribution in [2.45, 2.75) is 38.5 Å². The highest BCUT2D eigenvalue weighted by Gasteiger charge is 2.23. The lowest BCUT2D eigenvalue weighted by Gasteiger charge is -2.17. The number of carbonyl (C=O) groups is 1. The van der Waals surface area contributed by atoms with Crippen LogP contribution < -0.4 is 10.1 Å². The number of hydrogen-bond acceptors (Lipinski definition) is 6. The zero-order chi connectivity index (χ0) is 23.1. The smallest absolute Gasteiger partial charge is 0.235 e. The lowest BCUT2D eigenvalue weighted by atomic mass is 10.0. The molecule has 32 heavy (non-hydrogen) atoms. The maximum Gasteiger partial charge on any atom is 0.235 e. The number of methoxy groups -OCH3 is 1. The van der Waals surface area contributed by atoms with E-state index in [1.807, 2.05) is 37.3 Å². The number of benzene rings is 2. The van der Waals surface area contributed by atoms with Gasteiger partial charge in [-0.15, -0.1) is 0 Å². The first kappa shape index (κ1) is 23.5. The summed E-state index contributed by atoms with van der Waals surface area (Å²) in [6.07, 6.45) is 1.35. The summed E-state index contributed by atoms with van der Waals surface area (Å²) >= 11 is 0. The van der Waals surface area contributed by atoms with Gasteiger partial charge in [-0.1, -0.05) is 43.3 Å². The Balaban J connectivity index is 1.64. The molecule has 8 heteroatoms. The lowest BCUT2D eigenvalue weighted by Crippen LogP contribution is -2.39. The van der Waals surface area contributed by atoms with Gasteiger partial charge in [0.25, 0.3) is 0 Å². The van der Waals surface area contributed by atoms with Crippen molar-refractivity contribution < 1.29 is 22.4 Å². The summed E-state index contributed by atoms with van der Waals surface area (Å²) in [5.41, 5.74) is 2.07. The predicted octanol–water partition coefficient (Wildman–Crippen LogP) is 3.71. The first-order valence-electron chi connectivity index (χ1n) is 10.4. The largest absolute Gasteiger partial charge is 0.497 e. The Morgan fingerprint density at radius 1 is 1.16 bits per heavy atom. The van der Waals surface area contributed by atoms with Crippen molar-refractivity contribution in [2.24, 2.45) is 0 Å². The second kappa shape index (κ2) is 10.5. The molecule has 3 aromatic rings. The third kappa shape index (κ3) is 6.43. The summed E-state index contributed by atoms with van der Waals surface area (Å²) in [5.74, 6) is -0.117. The zero-order valence-electron chi connectivity index (χ0n) is 18.5. The Morgan fingerprint density at radius 2 is 1.91 bits per heavy atom. The van der Waals surface area contributed by atoms with Gasteiger partial charge in [-0.05, 0) is 43.5 Å². The fraction of sp³-hybridized carbons (Fsp3) is 0.333. The van der Waals surface area contributed by atoms with Crippen LogP contribution in [0.15, 0.2) is 59.0 Å². The number of carbonyl (C=O) groups excluding carboxylic acids is 1. The molecule has 0 radical (unpaired) electrons. The summed E-state index contributed by atoms with van der Waals surface area (Å²) in [7, 11) is -2.16. The van der Waals surface area contributed by atoms with Gasteiger partial charge in [0, 0.05) is 11.6 Å². The average Bonchev–Trinajstić information content (AvgIpc) is 3.13. The quantitative estimate of drug-likeness (QED) is 0.499. The number of ether oxygens (including phenoxy) is 1. The van der Waals surface area contributed by atoms with Crippen LogP contribution in [-0.2, 0) is 26.8 Å². The molecule has 2 aromatic carbocycles. The molecular weight excluding hydrogens is 428 g/mol. The van der Waals surface area contributed by atoms with Crippen LogP contribution in [0.5, 0.6) is 5.75 Å². The van der Waals surface area contributed by atoms with Crippen LogP contribution in [0.25, 0.3) is 11.5 Å². The van der Waals surface area contributed by atoms with Crippen molar-refractivity contribution in [1.82, 2.24) is 10.3 Å². The van der Waals surface area contributed by atoms with Gasteiger partial charge in [-0.2, -0.15) is 0 Å². The van der Waals surface area contributed by atoms with Gasteiger partial charge in [0.05, 0.1) is 18.6 Å². The monoisotopic (exact) mass is 456 g/mol. The van der Waals surface area contributed by atoms with Gasteiger partial charge in [-0.3, -0.25) is 4.79 Å². The molecule has 0 aliphatic carbocycles. The molecule has 170 valence electrons. The standard InChI is InChI=1S/C24H28N2O5S/c1-4-20(13-18-9-6-5-7-10-18)25-23(27)16-32(28,29)15-22-17(2)31-24(26-22)19-11-8-12-21(14-19)30-3/h5-12,14,20H,4,13,15-16H2,1-3H3,(H,25,27)/t20-/m1/s1. The molecule has 0 saturated heterocycles. The predicted molar refractivity (Wildman–Crippen MR) is 123 cm³/mol. The summed E-state index contributed by atoms with van der Waals surface area (Å²) in [6.45, 7) is 3.62. The molecular formula is C24H28N2O5S. The summed E-state index contributed by atoms with van der Waals surface area (Å²) in [6, 6.07) is 16.8. The summed E-state index contributed by atoms with van der Waals surface area (Å²) in [5, 5.41) is 2.84. The van der Waals surface area contributed by atoms with Crippen LogP contribution in [0.1, 0.15) is 30.4 Å². The number of sulfone groups is 1. The van der Waals surface area contributed by atoms with Crippen LogP contribution in [0.3, 0.4) is 0 Å². The SMILES string of the molecule is CC[C@H](Cc1ccccc1)NC(=O)CS(=O)(=O)Cc1nc(-c2cccc(OC)c2)oc1C. The zero-order valence-corrected chi connectivity index (χ0v) is 19.3. The number of aryl methyl sites for hydroxylation is 1. The molecule has 7 nitrogen and oxygen atoms in total. The maximum absolute atomic E-state index is 12.7. The fourth-order valence-electron chi connectivity index (χ4n) is 3.37. The van der Waals surface area contributed by atoms with E-state index >= 15 is 0 Å². The number of oxazole rings is 1. The maximum atomic E-state index is 12.7. The lowest BCUT2D eigenvalue weighted by molar-refractivity contribution is -0.119. The second-order valence-corrected chi connectivity index (χ2v) is 9.71. The molecule has 0 spiro atoms. The van der Waals surface area contributed by atoms with E-state index in [1.165, 1.54) is 0 Å². The minimum absolute atomic E-state index is 0.131. The topological polar surface area (TPSA) is 98.5 Å². The highest BCUT2D eigenvalue weighted by molar-refractivity contribution is 7.91. The van der Waals surface area contributed by atoms with E-state index in [-0.39, 0.29) is 11.8 Å². The molecule has 0 bridgehead atoms. The highest BCUT2D eigenvalue weighted by Crippen LogP contribution is 2.26. The van der Waals surface area contributed by atoms with Crippen molar-refractivity contribution in [2.75, 3.05) is 12.9 Å². The van der Waals surface area contributed by atoms with E-state index in [0.29, 0.717) is 41.5 Å². The molecule has 0 saturated carbocycles. The molecule has 1 atom stereocenters. The number of amides is 1. The Kier molecular flexibility index (Phi) is 7.69. The molecule has 1 N–H and O–H groups in total. The van der Waals surface area contributed by atoms with Crippen LogP contribution in [0, 0.1) is 6.92 Å². The van der Waals surface area contributed by atoms with Crippen LogP contribution in [-0.4, -0.2) is 38.2 Å². The minimum atomic E-state index is -3.72. The van der Waals surface area contributed by atoms with E-state index < -0.39 is 21.5 Å². The Hall–Kier alpha value is -3.13. The fourth-order valence-corrected chi connectivity index (χ4v) is 4.64. The third-order valence-electron chi connectivity index (χ3n) is 5.10. The van der Waals surface area contributed by atoms with Crippen molar-refractivity contribution in [1.29, 1.82) is 0 Å². The number of nitrogens with zero attached hydrogens (tertiary/aromatic N) is 1. The molecule has 1 amide bonds. The van der Waals surface area contributed by atoms with Crippen LogP contribution >= 0.6 is 0 Å². The third-order valence-corrected chi connectivity index (χ3v) is 6.52. The Morgan fingerprint density at radius 3 is 2.59 bits per heavy atom. The molecule has 1 heterocycles. The number of hydrogen-bond donors (Lipinski definition) is 1. The van der Waals surface area contributed by atoms with Crippen LogP contribution in [0.4, 0.5) is 0 Å². The normalized spacial score (nSPS) is 12.3. The van der Waals surface area contributed by atoms with E-state index in [1.54, 1.807) is 38.3 Å². The average molecular weight is 457 g/mol. The van der Waals surface area contributed by atoms with Crippen molar-refractivity contribution >= 4 is 15.7 Å². The van der Waals surface area contributed by atoms with Crippen molar-refractivity contribution in [3.05, 3.63) is 71.6 Å². The first-order valence-corrected chi connectivity index (χ1v) is 12.3. The minimum Gasteiger partial charge on any atom is -0.497 e. The first-order chi connectivity index (χ1) is 15.3. The van der Waals surface area contributed by atoms with E-state index in [2.05, 4.69) is 10.3 Å². The molecule has 1 aromatic heterocycles.